The van der Waals surface area contributed by atoms with Crippen molar-refractivity contribution < 1.29 is 14.3 Å². The molecule has 1 heterocycles. The number of aliphatic imine (C=N–C) groups is 1. The Labute approximate surface area is 156 Å². The van der Waals surface area contributed by atoms with Crippen LogP contribution in [-0.4, -0.2) is 29.3 Å². The first-order chi connectivity index (χ1) is 12.5. The molecule has 0 radical (unpaired) electrons. The van der Waals surface area contributed by atoms with Crippen LogP contribution in [0.2, 0.25) is 0 Å². The summed E-state index contributed by atoms with van der Waals surface area (Å²) in [7, 11) is 1.58. The maximum Gasteiger partial charge on any atom is 0.240 e. The monoisotopic (exact) mass is 369 g/mol. The van der Waals surface area contributed by atoms with Crippen molar-refractivity contribution in [3.8, 4) is 5.75 Å². The Morgan fingerprint density at radius 2 is 2.04 bits per heavy atom. The van der Waals surface area contributed by atoms with Gasteiger partial charge in [-0.25, -0.2) is 4.99 Å². The van der Waals surface area contributed by atoms with Crippen LogP contribution in [0.5, 0.6) is 5.75 Å². The number of hydrogen-bond donors (Lipinski definition) is 2. The number of nitrogens with zero attached hydrogens (tertiary/aromatic N) is 1. The second kappa shape index (κ2) is 8.05. The normalized spacial score (nSPS) is 17.8. The van der Waals surface area contributed by atoms with Gasteiger partial charge in [-0.2, -0.15) is 0 Å². The number of amides is 2. The van der Waals surface area contributed by atoms with Crippen molar-refractivity contribution in [2.45, 2.75) is 18.6 Å². The van der Waals surface area contributed by atoms with E-state index in [1.165, 1.54) is 11.8 Å². The summed E-state index contributed by atoms with van der Waals surface area (Å²) in [5.74, 6) is 0.273. The molecule has 0 bridgehead atoms. The number of anilines is 1. The second-order valence-corrected chi connectivity index (χ2v) is 7.02. The van der Waals surface area contributed by atoms with Crippen LogP contribution < -0.4 is 15.4 Å². The first-order valence-electron chi connectivity index (χ1n) is 8.10. The topological polar surface area (TPSA) is 79.8 Å². The molecule has 7 heteroatoms. The maximum absolute atomic E-state index is 12.2. The average Bonchev–Trinajstić information content (AvgIpc) is 2.96. The molecule has 1 fully saturated rings. The van der Waals surface area contributed by atoms with Gasteiger partial charge in [-0.1, -0.05) is 35.5 Å². The predicted molar refractivity (Wildman–Crippen MR) is 104 cm³/mol. The number of methoxy groups -OCH3 is 1. The zero-order chi connectivity index (χ0) is 18.5. The van der Waals surface area contributed by atoms with Gasteiger partial charge in [-0.3, -0.25) is 9.59 Å². The van der Waals surface area contributed by atoms with Crippen LogP contribution in [0, 0.1) is 6.92 Å². The Balaban J connectivity index is 1.61. The van der Waals surface area contributed by atoms with Crippen LogP contribution >= 0.6 is 11.8 Å². The summed E-state index contributed by atoms with van der Waals surface area (Å²) in [4.78, 5) is 28.7. The molecule has 1 saturated heterocycles. The third-order valence-electron chi connectivity index (χ3n) is 3.77. The number of aryl methyl sites for hydroxylation is 1. The summed E-state index contributed by atoms with van der Waals surface area (Å²) in [6, 6.07) is 14.8. The molecular weight excluding hydrogens is 350 g/mol. The number of carbonyl (C=O) groups excluding carboxylic acids is 2. The summed E-state index contributed by atoms with van der Waals surface area (Å²) in [5, 5.41) is 5.51. The fourth-order valence-corrected chi connectivity index (χ4v) is 3.39. The number of benzene rings is 2. The number of nitrogens with one attached hydrogen (secondary N) is 2. The molecule has 0 spiro atoms. The van der Waals surface area contributed by atoms with Gasteiger partial charge in [-0.15, -0.1) is 0 Å². The molecule has 2 aromatic carbocycles. The van der Waals surface area contributed by atoms with Crippen LogP contribution in [0.4, 0.5) is 11.4 Å². The van der Waals surface area contributed by atoms with Crippen molar-refractivity contribution in [1.82, 2.24) is 5.32 Å². The van der Waals surface area contributed by atoms with E-state index in [1.807, 2.05) is 49.4 Å². The number of hydrogen-bond acceptors (Lipinski definition) is 5. The van der Waals surface area contributed by atoms with Gasteiger partial charge in [0.05, 0.1) is 12.8 Å². The number of thioether (sulfide) groups is 1. The molecule has 1 atom stereocenters. The zero-order valence-electron chi connectivity index (χ0n) is 14.5. The zero-order valence-corrected chi connectivity index (χ0v) is 15.3. The van der Waals surface area contributed by atoms with E-state index in [0.717, 1.165) is 5.56 Å². The highest BCUT2D eigenvalue weighted by Gasteiger charge is 2.32. The maximum atomic E-state index is 12.2. The molecule has 2 N–H and O–H groups in total. The minimum absolute atomic E-state index is 0.0848. The van der Waals surface area contributed by atoms with Crippen LogP contribution in [-0.2, 0) is 9.59 Å². The van der Waals surface area contributed by atoms with Crippen LogP contribution in [0.3, 0.4) is 0 Å². The van der Waals surface area contributed by atoms with Gasteiger partial charge in [-0.05, 0) is 31.2 Å². The van der Waals surface area contributed by atoms with Gasteiger partial charge in [0.1, 0.15) is 11.0 Å². The fourth-order valence-electron chi connectivity index (χ4n) is 2.41. The summed E-state index contributed by atoms with van der Waals surface area (Å²) >= 11 is 1.26. The Morgan fingerprint density at radius 1 is 1.27 bits per heavy atom. The average molecular weight is 369 g/mol. The SMILES string of the molecule is COc1cccc(N=C2NC(=O)[C@H](CC(=O)Nc3ccc(C)cc3)S2)c1. The first kappa shape index (κ1) is 18.0. The molecule has 134 valence electrons. The molecule has 3 rings (SSSR count). The Bertz CT molecular complexity index is 849. The highest BCUT2D eigenvalue weighted by Crippen LogP contribution is 2.27. The largest absolute Gasteiger partial charge is 0.497 e. The molecule has 2 amide bonds. The van der Waals surface area contributed by atoms with E-state index >= 15 is 0 Å². The number of ether oxygens (including phenoxy) is 1. The molecule has 0 aliphatic carbocycles. The van der Waals surface area contributed by atoms with Crippen molar-refractivity contribution in [3.63, 3.8) is 0 Å². The second-order valence-electron chi connectivity index (χ2n) is 5.83. The van der Waals surface area contributed by atoms with E-state index in [-0.39, 0.29) is 18.2 Å². The highest BCUT2D eigenvalue weighted by molar-refractivity contribution is 8.15. The van der Waals surface area contributed by atoms with Crippen LogP contribution in [0.1, 0.15) is 12.0 Å². The van der Waals surface area contributed by atoms with E-state index in [0.29, 0.717) is 22.3 Å². The van der Waals surface area contributed by atoms with E-state index in [4.69, 9.17) is 4.74 Å². The summed E-state index contributed by atoms with van der Waals surface area (Å²) in [6.07, 6.45) is 0.0848. The molecule has 1 aliphatic heterocycles. The van der Waals surface area contributed by atoms with Crippen LogP contribution in [0.15, 0.2) is 53.5 Å². The lowest BCUT2D eigenvalue weighted by atomic mass is 10.2. The van der Waals surface area contributed by atoms with E-state index in [2.05, 4.69) is 15.6 Å². The van der Waals surface area contributed by atoms with Gasteiger partial charge in [0, 0.05) is 18.2 Å². The number of rotatable bonds is 5. The van der Waals surface area contributed by atoms with Crippen molar-refractivity contribution in [2.75, 3.05) is 12.4 Å². The first-order valence-corrected chi connectivity index (χ1v) is 8.98. The fraction of sp³-hybridized carbons (Fsp3) is 0.211. The van der Waals surface area contributed by atoms with Crippen molar-refractivity contribution in [1.29, 1.82) is 0 Å². The van der Waals surface area contributed by atoms with Gasteiger partial charge in [0.2, 0.25) is 11.8 Å². The molecule has 0 unspecified atom stereocenters. The quantitative estimate of drug-likeness (QED) is 0.848. The van der Waals surface area contributed by atoms with Crippen molar-refractivity contribution in [3.05, 3.63) is 54.1 Å². The number of amidine groups is 1. The van der Waals surface area contributed by atoms with Gasteiger partial charge < -0.3 is 15.4 Å². The standard InChI is InChI=1S/C19H19N3O3S/c1-12-6-8-13(9-7-12)20-17(23)11-16-18(24)22-19(26-16)21-14-4-3-5-15(10-14)25-2/h3-10,16H,11H2,1-2H3,(H,20,23)(H,21,22,24)/t16-/m0/s1. The highest BCUT2D eigenvalue weighted by atomic mass is 32.2. The lowest BCUT2D eigenvalue weighted by molar-refractivity contribution is -0.122. The third-order valence-corrected chi connectivity index (χ3v) is 4.85. The molecular formula is C19H19N3O3S. The Kier molecular flexibility index (Phi) is 5.58. The molecule has 0 aromatic heterocycles. The van der Waals surface area contributed by atoms with Crippen molar-refractivity contribution >= 4 is 40.1 Å². The number of carbonyl (C=O) groups is 2. The predicted octanol–water partition coefficient (Wildman–Crippen LogP) is 3.25. The molecule has 1 aliphatic rings. The molecule has 6 nitrogen and oxygen atoms in total. The van der Waals surface area contributed by atoms with E-state index < -0.39 is 5.25 Å². The van der Waals surface area contributed by atoms with Gasteiger partial charge >= 0.3 is 0 Å². The minimum Gasteiger partial charge on any atom is -0.497 e. The van der Waals surface area contributed by atoms with E-state index in [1.54, 1.807) is 13.2 Å². The third kappa shape index (κ3) is 4.64. The minimum atomic E-state index is -0.496. The van der Waals surface area contributed by atoms with Gasteiger partial charge in [0.15, 0.2) is 5.17 Å². The molecule has 2 aromatic rings. The lowest BCUT2D eigenvalue weighted by Crippen LogP contribution is -2.28. The van der Waals surface area contributed by atoms with Gasteiger partial charge in [0.25, 0.3) is 0 Å². The Hall–Kier alpha value is -2.80. The molecule has 0 saturated carbocycles. The summed E-state index contributed by atoms with van der Waals surface area (Å²) in [6.45, 7) is 1.98. The summed E-state index contributed by atoms with van der Waals surface area (Å²) < 4.78 is 5.16. The van der Waals surface area contributed by atoms with Crippen molar-refractivity contribution in [2.24, 2.45) is 4.99 Å². The van der Waals surface area contributed by atoms with E-state index in [9.17, 15) is 9.59 Å². The summed E-state index contributed by atoms with van der Waals surface area (Å²) in [5.41, 5.74) is 2.51. The smallest absolute Gasteiger partial charge is 0.240 e. The van der Waals surface area contributed by atoms with Crippen LogP contribution in [0.25, 0.3) is 0 Å². The lowest BCUT2D eigenvalue weighted by Gasteiger charge is -2.07. The Morgan fingerprint density at radius 3 is 2.77 bits per heavy atom. The molecule has 26 heavy (non-hydrogen) atoms.